The molecule has 2 aliphatic rings. The Labute approximate surface area is 282 Å². The highest BCUT2D eigenvalue weighted by Gasteiger charge is 2.33. The van der Waals surface area contributed by atoms with Crippen molar-refractivity contribution < 1.29 is 18.5 Å². The lowest BCUT2D eigenvalue weighted by Crippen LogP contribution is -2.45. The second kappa shape index (κ2) is 10.8. The van der Waals surface area contributed by atoms with Gasteiger partial charge in [0.2, 0.25) is 0 Å². The minimum absolute atomic E-state index is 0.201. The molecule has 7 aromatic carbocycles. The Morgan fingerprint density at radius 2 is 1.04 bits per heavy atom. The lowest BCUT2D eigenvalue weighted by Gasteiger charge is -2.33. The van der Waals surface area contributed by atoms with Crippen LogP contribution in [0, 0.1) is 0 Å². The number of fused-ring (bicyclic) bond motifs is 8. The molecule has 8 aromatic rings. The molecule has 0 saturated heterocycles. The predicted octanol–water partition coefficient (Wildman–Crippen LogP) is 7.83. The first kappa shape index (κ1) is 28.2. The van der Waals surface area contributed by atoms with Gasteiger partial charge in [0.1, 0.15) is 11.2 Å². The van der Waals surface area contributed by atoms with Gasteiger partial charge in [-0.2, -0.15) is 0 Å². The third-order valence-electron chi connectivity index (χ3n) is 9.86. The van der Waals surface area contributed by atoms with Crippen molar-refractivity contribution in [1.82, 2.24) is 0 Å². The Hall–Kier alpha value is -5.83. The van der Waals surface area contributed by atoms with Gasteiger partial charge in [0.25, 0.3) is 0 Å². The van der Waals surface area contributed by atoms with E-state index in [-0.39, 0.29) is 12.2 Å². The van der Waals surface area contributed by atoms with Crippen LogP contribution in [0.4, 0.5) is 0 Å². The molecular weight excluding hydrogens is 623 g/mol. The van der Waals surface area contributed by atoms with E-state index in [9.17, 15) is 0 Å². The molecule has 0 bridgehead atoms. The summed E-state index contributed by atoms with van der Waals surface area (Å²) in [6, 6.07) is 50.6. The quantitative estimate of drug-likeness (QED) is 0.182. The number of ether oxygens (including phenoxy) is 2. The Balaban J connectivity index is 1.09. The molecular formula is C44H29O4P. The minimum Gasteiger partial charge on any atom is -0.478 e. The molecule has 1 aliphatic carbocycles. The van der Waals surface area contributed by atoms with E-state index in [1.54, 1.807) is 0 Å². The van der Waals surface area contributed by atoms with E-state index in [0.717, 1.165) is 76.1 Å². The van der Waals surface area contributed by atoms with Crippen LogP contribution in [0.2, 0.25) is 0 Å². The average molecular weight is 653 g/mol. The zero-order chi connectivity index (χ0) is 32.5. The number of rotatable bonds is 4. The van der Waals surface area contributed by atoms with Crippen molar-refractivity contribution >= 4 is 67.9 Å². The van der Waals surface area contributed by atoms with Crippen molar-refractivity contribution in [3.63, 3.8) is 0 Å². The summed E-state index contributed by atoms with van der Waals surface area (Å²) in [6.07, 6.45) is 3.89. The molecule has 0 fully saturated rings. The fraction of sp³-hybridized carbons (Fsp3) is 0.0455. The van der Waals surface area contributed by atoms with Gasteiger partial charge in [0.05, 0.1) is 0 Å². The molecule has 0 spiro atoms. The summed E-state index contributed by atoms with van der Waals surface area (Å²) >= 11 is 0. The van der Waals surface area contributed by atoms with E-state index in [2.05, 4.69) is 72.8 Å². The second-order valence-electron chi connectivity index (χ2n) is 12.7. The molecule has 0 radical (unpaired) electrons. The Morgan fingerprint density at radius 3 is 1.73 bits per heavy atom. The van der Waals surface area contributed by atoms with Crippen LogP contribution in [0.5, 0.6) is 11.5 Å². The van der Waals surface area contributed by atoms with Crippen LogP contribution < -0.4 is 35.8 Å². The van der Waals surface area contributed by atoms with Gasteiger partial charge in [-0.15, -0.1) is 0 Å². The van der Waals surface area contributed by atoms with E-state index >= 15 is 4.57 Å². The highest BCUT2D eigenvalue weighted by atomic mass is 31.2. The fourth-order valence-corrected chi connectivity index (χ4v) is 10.1. The first-order chi connectivity index (χ1) is 24.1. The van der Waals surface area contributed by atoms with Crippen LogP contribution in [0.15, 0.2) is 156 Å². The third-order valence-corrected chi connectivity index (χ3v) is 12.9. The van der Waals surface area contributed by atoms with E-state index < -0.39 is 7.14 Å². The van der Waals surface area contributed by atoms with Crippen LogP contribution in [0.1, 0.15) is 0 Å². The minimum atomic E-state index is -3.14. The molecule has 5 heteroatoms. The van der Waals surface area contributed by atoms with E-state index in [1.807, 2.05) is 91.0 Å². The maximum Gasteiger partial charge on any atom is 0.171 e. The molecule has 10 rings (SSSR count). The molecule has 2 atom stereocenters. The highest BCUT2D eigenvalue weighted by Crippen LogP contribution is 2.47. The summed E-state index contributed by atoms with van der Waals surface area (Å²) in [7, 11) is -3.14. The van der Waals surface area contributed by atoms with Gasteiger partial charge in [-0.1, -0.05) is 115 Å². The van der Waals surface area contributed by atoms with E-state index in [1.165, 1.54) is 0 Å². The maximum absolute atomic E-state index is 15.0. The van der Waals surface area contributed by atoms with Gasteiger partial charge in [0.15, 0.2) is 30.8 Å². The summed E-state index contributed by atoms with van der Waals surface area (Å²) in [6.45, 7) is 0. The Kier molecular flexibility index (Phi) is 6.24. The lowest BCUT2D eigenvalue weighted by molar-refractivity contribution is 0.0957. The van der Waals surface area contributed by atoms with E-state index in [4.69, 9.17) is 13.9 Å². The zero-order valence-corrected chi connectivity index (χ0v) is 27.2. The molecule has 49 heavy (non-hydrogen) atoms. The van der Waals surface area contributed by atoms with Gasteiger partial charge >= 0.3 is 0 Å². The second-order valence-corrected chi connectivity index (χ2v) is 15.5. The summed E-state index contributed by atoms with van der Waals surface area (Å²) < 4.78 is 34.9. The van der Waals surface area contributed by atoms with Gasteiger partial charge in [0, 0.05) is 32.1 Å². The third kappa shape index (κ3) is 4.41. The predicted molar refractivity (Wildman–Crippen MR) is 200 cm³/mol. The SMILES string of the molecule is O=P(c1ccccc1)(c1ccccc1)c1ccc2c(c1)oc1cc(-c3cc4c(c5ccccc35)OC3C=c5ccccc5=CC3O4)ccc12. The standard InChI is InChI=1S/C44H29O4P/c45-49(31-13-3-1-4-14-31,32-15-5-2-6-16-32)33-20-22-36-35-21-19-30(25-39(35)46-40(36)26-33)38-27-43-44(37-18-10-9-17-34(37)38)48-42-24-29-12-8-7-11-28(29)23-41(42)47-43/h1-27,41-42H. The topological polar surface area (TPSA) is 48.7 Å². The molecule has 0 amide bonds. The van der Waals surface area contributed by atoms with Gasteiger partial charge < -0.3 is 18.5 Å². The lowest BCUT2D eigenvalue weighted by atomic mass is 9.95. The number of hydrogen-bond donors (Lipinski definition) is 0. The van der Waals surface area contributed by atoms with Crippen LogP contribution in [-0.2, 0) is 4.57 Å². The van der Waals surface area contributed by atoms with Crippen molar-refractivity contribution in [1.29, 1.82) is 0 Å². The molecule has 4 nitrogen and oxygen atoms in total. The van der Waals surface area contributed by atoms with Crippen molar-refractivity contribution in [2.45, 2.75) is 12.2 Å². The monoisotopic (exact) mass is 652 g/mol. The molecule has 1 aromatic heterocycles. The molecule has 1 aliphatic heterocycles. The van der Waals surface area contributed by atoms with Gasteiger partial charge in [-0.05, 0) is 75.5 Å². The van der Waals surface area contributed by atoms with Crippen LogP contribution in [0.25, 0.3) is 56.0 Å². The molecule has 0 saturated carbocycles. The van der Waals surface area contributed by atoms with Crippen LogP contribution in [-0.4, -0.2) is 12.2 Å². The Morgan fingerprint density at radius 1 is 0.469 bits per heavy atom. The normalized spacial score (nSPS) is 16.5. The number of benzene rings is 7. The molecule has 2 unspecified atom stereocenters. The smallest absolute Gasteiger partial charge is 0.171 e. The highest BCUT2D eigenvalue weighted by molar-refractivity contribution is 7.85. The fourth-order valence-electron chi connectivity index (χ4n) is 7.47. The van der Waals surface area contributed by atoms with Crippen molar-refractivity contribution in [3.8, 4) is 22.6 Å². The summed E-state index contributed by atoms with van der Waals surface area (Å²) in [4.78, 5) is 0. The van der Waals surface area contributed by atoms with Crippen LogP contribution >= 0.6 is 7.14 Å². The van der Waals surface area contributed by atoms with Gasteiger partial charge in [-0.3, -0.25) is 0 Å². The largest absolute Gasteiger partial charge is 0.478 e. The summed E-state index contributed by atoms with van der Waals surface area (Å²) in [5.41, 5.74) is 3.53. The van der Waals surface area contributed by atoms with Crippen molar-refractivity contribution in [3.05, 3.63) is 162 Å². The summed E-state index contributed by atoms with van der Waals surface area (Å²) in [5, 5.41) is 8.72. The zero-order valence-electron chi connectivity index (χ0n) is 26.3. The maximum atomic E-state index is 15.0. The number of hydrogen-bond acceptors (Lipinski definition) is 4. The molecule has 2 heterocycles. The van der Waals surface area contributed by atoms with Crippen LogP contribution in [0.3, 0.4) is 0 Å². The van der Waals surface area contributed by atoms with Gasteiger partial charge in [-0.25, -0.2) is 0 Å². The molecule has 234 valence electrons. The number of furan rings is 1. The first-order valence-corrected chi connectivity index (χ1v) is 18.2. The molecule has 0 N–H and O–H groups in total. The van der Waals surface area contributed by atoms with E-state index in [0.29, 0.717) is 5.58 Å². The summed E-state index contributed by atoms with van der Waals surface area (Å²) in [5.74, 6) is 1.49. The Bertz CT molecular complexity index is 2720. The van der Waals surface area contributed by atoms with Crippen molar-refractivity contribution in [2.75, 3.05) is 0 Å². The average Bonchev–Trinajstić information content (AvgIpc) is 3.53. The van der Waals surface area contributed by atoms with Crippen molar-refractivity contribution in [2.24, 2.45) is 0 Å². The first-order valence-electron chi connectivity index (χ1n) is 16.5.